The van der Waals surface area contributed by atoms with Crippen molar-refractivity contribution in [1.29, 1.82) is 0 Å². The fraction of sp³-hybridized carbons (Fsp3) is 0.579. The Morgan fingerprint density at radius 3 is 2.73 bits per heavy atom. The Balaban J connectivity index is 0.00000338. The number of hydrogen-bond acceptors (Lipinski definition) is 3. The third kappa shape index (κ3) is 7.09. The highest BCUT2D eigenvalue weighted by Crippen LogP contribution is 2.18. The molecular weight excluding hydrogens is 448 g/mol. The number of nitrogens with one attached hydrogen (secondary N) is 1. The van der Waals surface area contributed by atoms with Crippen LogP contribution in [-0.2, 0) is 16.0 Å². The smallest absolute Gasteiger partial charge is 0.309 e. The van der Waals surface area contributed by atoms with Gasteiger partial charge in [-0.3, -0.25) is 9.79 Å². The highest BCUT2D eigenvalue weighted by atomic mass is 127. The van der Waals surface area contributed by atoms with Crippen LogP contribution >= 0.6 is 24.0 Å². The van der Waals surface area contributed by atoms with E-state index in [2.05, 4.69) is 15.2 Å². The Bertz CT molecular complexity index is 590. The zero-order valence-corrected chi connectivity index (χ0v) is 17.9. The van der Waals surface area contributed by atoms with Gasteiger partial charge in [0.2, 0.25) is 0 Å². The number of piperidine rings is 1. The lowest BCUT2D eigenvalue weighted by atomic mass is 9.97. The number of halogens is 2. The summed E-state index contributed by atoms with van der Waals surface area (Å²) in [4.78, 5) is 18.3. The summed E-state index contributed by atoms with van der Waals surface area (Å²) in [7, 11) is 1.77. The number of esters is 1. The maximum Gasteiger partial charge on any atom is 0.309 e. The van der Waals surface area contributed by atoms with Crippen LogP contribution in [0.1, 0.15) is 31.7 Å². The van der Waals surface area contributed by atoms with Gasteiger partial charge < -0.3 is 15.0 Å². The van der Waals surface area contributed by atoms with Gasteiger partial charge in [0.1, 0.15) is 5.82 Å². The topological polar surface area (TPSA) is 53.9 Å². The zero-order chi connectivity index (χ0) is 18.1. The van der Waals surface area contributed by atoms with E-state index in [9.17, 15) is 9.18 Å². The molecule has 26 heavy (non-hydrogen) atoms. The molecular formula is C19H29FIN3O2. The van der Waals surface area contributed by atoms with Crippen molar-refractivity contribution in [2.75, 3.05) is 33.3 Å². The summed E-state index contributed by atoms with van der Waals surface area (Å²) in [5.41, 5.74) is 1.01. The van der Waals surface area contributed by atoms with Gasteiger partial charge >= 0.3 is 5.97 Å². The van der Waals surface area contributed by atoms with E-state index in [4.69, 9.17) is 4.74 Å². The normalized spacial score (nSPS) is 15.3. The Hall–Kier alpha value is -1.38. The summed E-state index contributed by atoms with van der Waals surface area (Å²) < 4.78 is 18.3. The molecule has 1 aliphatic rings. The van der Waals surface area contributed by atoms with E-state index in [1.165, 1.54) is 6.07 Å². The lowest BCUT2D eigenvalue weighted by Crippen LogP contribution is -2.47. The van der Waals surface area contributed by atoms with Crippen LogP contribution < -0.4 is 5.32 Å². The number of aliphatic imine (C=N–C) groups is 1. The third-order valence-corrected chi connectivity index (χ3v) is 4.44. The summed E-state index contributed by atoms with van der Waals surface area (Å²) in [6.45, 7) is 4.65. The Labute approximate surface area is 172 Å². The molecule has 146 valence electrons. The molecule has 2 rings (SSSR count). The van der Waals surface area contributed by atoms with Gasteiger partial charge in [0.25, 0.3) is 0 Å². The van der Waals surface area contributed by atoms with E-state index in [0.717, 1.165) is 56.8 Å². The second-order valence-electron chi connectivity index (χ2n) is 6.22. The van der Waals surface area contributed by atoms with Crippen LogP contribution in [0.15, 0.2) is 29.3 Å². The van der Waals surface area contributed by atoms with Crippen molar-refractivity contribution >= 4 is 35.9 Å². The number of carbonyl (C=O) groups excluding carboxylic acids is 1. The first-order valence-electron chi connectivity index (χ1n) is 9.00. The second-order valence-corrected chi connectivity index (χ2v) is 6.22. The summed E-state index contributed by atoms with van der Waals surface area (Å²) in [6, 6.07) is 6.72. The molecule has 0 radical (unpaired) electrons. The molecule has 1 N–H and O–H groups in total. The number of rotatable bonds is 6. The number of aryl methyl sites for hydroxylation is 1. The van der Waals surface area contributed by atoms with Gasteiger partial charge in [0, 0.05) is 26.7 Å². The Morgan fingerprint density at radius 2 is 2.12 bits per heavy atom. The number of ether oxygens (including phenoxy) is 1. The van der Waals surface area contributed by atoms with Crippen LogP contribution in [-0.4, -0.2) is 50.1 Å². The number of nitrogens with zero attached hydrogens (tertiary/aromatic N) is 2. The third-order valence-electron chi connectivity index (χ3n) is 4.44. The Morgan fingerprint density at radius 1 is 1.38 bits per heavy atom. The van der Waals surface area contributed by atoms with E-state index >= 15 is 0 Å². The first-order chi connectivity index (χ1) is 12.1. The monoisotopic (exact) mass is 477 g/mol. The first kappa shape index (κ1) is 22.7. The molecule has 1 fully saturated rings. The molecule has 0 aliphatic carbocycles. The van der Waals surface area contributed by atoms with Crippen LogP contribution in [0.4, 0.5) is 4.39 Å². The van der Waals surface area contributed by atoms with Crippen LogP contribution in [0.25, 0.3) is 0 Å². The maximum atomic E-state index is 13.2. The predicted octanol–water partition coefficient (Wildman–Crippen LogP) is 3.23. The van der Waals surface area contributed by atoms with Crippen LogP contribution in [0.3, 0.4) is 0 Å². The van der Waals surface area contributed by atoms with Crippen LogP contribution in [0.5, 0.6) is 0 Å². The van der Waals surface area contributed by atoms with Crippen molar-refractivity contribution in [2.45, 2.75) is 32.6 Å². The van der Waals surface area contributed by atoms with Gasteiger partial charge in [-0.05, 0) is 50.3 Å². The first-order valence-corrected chi connectivity index (χ1v) is 9.00. The molecule has 0 unspecified atom stereocenters. The van der Waals surface area contributed by atoms with E-state index in [1.54, 1.807) is 19.2 Å². The molecule has 5 nitrogen and oxygen atoms in total. The van der Waals surface area contributed by atoms with Crippen molar-refractivity contribution in [2.24, 2.45) is 10.9 Å². The average Bonchev–Trinajstić information content (AvgIpc) is 2.62. The summed E-state index contributed by atoms with van der Waals surface area (Å²) in [6.07, 6.45) is 3.32. The van der Waals surface area contributed by atoms with Crippen molar-refractivity contribution in [3.63, 3.8) is 0 Å². The number of guanidine groups is 1. The lowest BCUT2D eigenvalue weighted by Gasteiger charge is -2.33. The minimum Gasteiger partial charge on any atom is -0.466 e. The van der Waals surface area contributed by atoms with Gasteiger partial charge in [0.15, 0.2) is 5.96 Å². The molecule has 1 aromatic rings. The van der Waals surface area contributed by atoms with Gasteiger partial charge in [-0.15, -0.1) is 24.0 Å². The standard InChI is InChI=1S/C19H28FN3O2.HI/c1-3-25-18(24)16-9-12-23(13-10-16)19(21-2)22-11-5-7-15-6-4-8-17(20)14-15;/h4,6,8,14,16H,3,5,7,9-13H2,1-2H3,(H,21,22);1H. The van der Waals surface area contributed by atoms with Crippen molar-refractivity contribution in [3.8, 4) is 0 Å². The van der Waals surface area contributed by atoms with E-state index in [0.29, 0.717) is 6.61 Å². The summed E-state index contributed by atoms with van der Waals surface area (Å²) in [5, 5.41) is 3.36. The van der Waals surface area contributed by atoms with Gasteiger partial charge in [-0.2, -0.15) is 0 Å². The molecule has 0 bridgehead atoms. The molecule has 0 atom stereocenters. The fourth-order valence-corrected chi connectivity index (χ4v) is 3.10. The SMILES string of the molecule is CCOC(=O)C1CCN(C(=NC)NCCCc2cccc(F)c2)CC1.I. The second kappa shape index (κ2) is 12.1. The number of benzene rings is 1. The quantitative estimate of drug-likeness (QED) is 0.225. The van der Waals surface area contributed by atoms with E-state index in [1.807, 2.05) is 13.0 Å². The van der Waals surface area contributed by atoms with Gasteiger partial charge in [-0.1, -0.05) is 12.1 Å². The molecule has 1 saturated heterocycles. The van der Waals surface area contributed by atoms with Crippen LogP contribution in [0, 0.1) is 11.7 Å². The highest BCUT2D eigenvalue weighted by Gasteiger charge is 2.27. The molecule has 7 heteroatoms. The van der Waals surface area contributed by atoms with Gasteiger partial charge in [-0.25, -0.2) is 4.39 Å². The minimum absolute atomic E-state index is 0. The zero-order valence-electron chi connectivity index (χ0n) is 15.5. The number of carbonyl (C=O) groups is 1. The molecule has 1 aromatic carbocycles. The lowest BCUT2D eigenvalue weighted by molar-refractivity contribution is -0.149. The molecule has 1 heterocycles. The van der Waals surface area contributed by atoms with Gasteiger partial charge in [0.05, 0.1) is 12.5 Å². The average molecular weight is 477 g/mol. The minimum atomic E-state index is -0.189. The van der Waals surface area contributed by atoms with Crippen molar-refractivity contribution < 1.29 is 13.9 Å². The summed E-state index contributed by atoms with van der Waals surface area (Å²) >= 11 is 0. The fourth-order valence-electron chi connectivity index (χ4n) is 3.10. The number of likely N-dealkylation sites (tertiary alicyclic amines) is 1. The predicted molar refractivity (Wildman–Crippen MR) is 112 cm³/mol. The molecule has 0 saturated carbocycles. The van der Waals surface area contributed by atoms with Crippen molar-refractivity contribution in [3.05, 3.63) is 35.6 Å². The molecule has 0 amide bonds. The summed E-state index contributed by atoms with van der Waals surface area (Å²) in [5.74, 6) is 0.592. The van der Waals surface area contributed by atoms with Crippen LogP contribution in [0.2, 0.25) is 0 Å². The Kier molecular flexibility index (Phi) is 10.5. The maximum absolute atomic E-state index is 13.2. The van der Waals surface area contributed by atoms with Crippen molar-refractivity contribution in [1.82, 2.24) is 10.2 Å². The molecule has 0 aromatic heterocycles. The van der Waals surface area contributed by atoms with E-state index < -0.39 is 0 Å². The molecule has 1 aliphatic heterocycles. The molecule has 0 spiro atoms. The largest absolute Gasteiger partial charge is 0.466 e. The van der Waals surface area contributed by atoms with E-state index in [-0.39, 0.29) is 41.7 Å². The number of hydrogen-bond donors (Lipinski definition) is 1. The highest BCUT2D eigenvalue weighted by molar-refractivity contribution is 14.0.